The second-order valence-corrected chi connectivity index (χ2v) is 11.6. The first-order valence-corrected chi connectivity index (χ1v) is 14.9. The molecular formula is C29H30F2N6O3S. The average Bonchev–Trinajstić information content (AvgIpc) is 2.99. The summed E-state index contributed by atoms with van der Waals surface area (Å²) in [6.07, 6.45) is 1.19. The summed E-state index contributed by atoms with van der Waals surface area (Å²) in [5, 5.41) is 18.4. The van der Waals surface area contributed by atoms with Crippen LogP contribution in [0.25, 0.3) is 0 Å². The van der Waals surface area contributed by atoms with Crippen LogP contribution in [-0.2, 0) is 10.0 Å². The zero-order valence-corrected chi connectivity index (χ0v) is 23.1. The summed E-state index contributed by atoms with van der Waals surface area (Å²) in [5.74, 6) is -2.40. The lowest BCUT2D eigenvalue weighted by molar-refractivity contribution is 0.0742. The molecule has 5 rings (SSSR count). The van der Waals surface area contributed by atoms with Crippen LogP contribution in [0.3, 0.4) is 0 Å². The van der Waals surface area contributed by atoms with E-state index >= 15 is 8.78 Å². The van der Waals surface area contributed by atoms with Gasteiger partial charge in [0.15, 0.2) is 5.82 Å². The van der Waals surface area contributed by atoms with Gasteiger partial charge in [-0.05, 0) is 62.3 Å². The van der Waals surface area contributed by atoms with E-state index in [1.165, 1.54) is 15.9 Å². The molecule has 0 spiro atoms. The van der Waals surface area contributed by atoms with E-state index in [0.29, 0.717) is 50.4 Å². The second-order valence-electron chi connectivity index (χ2n) is 10.0. The summed E-state index contributed by atoms with van der Waals surface area (Å²) in [7, 11) is -3.95. The summed E-state index contributed by atoms with van der Waals surface area (Å²) in [5.41, 5.74) is 0.467. The van der Waals surface area contributed by atoms with Crippen molar-refractivity contribution in [1.29, 1.82) is 5.26 Å². The molecule has 0 aliphatic carbocycles. The molecule has 0 atom stereocenters. The number of hydrogen-bond acceptors (Lipinski definition) is 7. The van der Waals surface area contributed by atoms with Gasteiger partial charge in [-0.3, -0.25) is 4.79 Å². The monoisotopic (exact) mass is 580 g/mol. The number of nitriles is 1. The fourth-order valence-corrected chi connectivity index (χ4v) is 6.31. The van der Waals surface area contributed by atoms with Crippen molar-refractivity contribution >= 4 is 33.0 Å². The molecule has 3 aromatic carbocycles. The van der Waals surface area contributed by atoms with Crippen LogP contribution in [0.1, 0.15) is 28.8 Å². The van der Waals surface area contributed by atoms with Gasteiger partial charge in [-0.15, -0.1) is 0 Å². The first kappa shape index (κ1) is 28.5. The lowest BCUT2D eigenvalue weighted by atomic mass is 10.00. The molecule has 2 aliphatic rings. The predicted molar refractivity (Wildman–Crippen MR) is 151 cm³/mol. The Morgan fingerprint density at radius 1 is 0.976 bits per heavy atom. The fourth-order valence-electron chi connectivity index (χ4n) is 5.55. The maximum absolute atomic E-state index is 16.3. The van der Waals surface area contributed by atoms with E-state index in [0.717, 1.165) is 12.1 Å². The number of hydrogen-bond donors (Lipinski definition) is 2. The van der Waals surface area contributed by atoms with Gasteiger partial charge in [-0.1, -0.05) is 24.3 Å². The molecule has 1 amide bonds. The Bertz CT molecular complexity index is 1600. The SMILES string of the molecule is N#Cc1ccccc1N(c1c(F)ccc(C(=O)N2CCN(c3ccccc3S(N)(=O)=O)CC2)c1F)C1CCNCC1. The molecule has 2 aliphatic heterocycles. The minimum absolute atomic E-state index is 0.00958. The molecule has 0 saturated carbocycles. The number of nitrogens with zero attached hydrogens (tertiary/aromatic N) is 4. The Morgan fingerprint density at radius 2 is 1.63 bits per heavy atom. The summed E-state index contributed by atoms with van der Waals surface area (Å²) in [6, 6.07) is 17.1. The summed E-state index contributed by atoms with van der Waals surface area (Å²) >= 11 is 0. The van der Waals surface area contributed by atoms with Crippen molar-refractivity contribution in [2.75, 3.05) is 49.1 Å². The molecule has 41 heavy (non-hydrogen) atoms. The number of primary sulfonamides is 1. The van der Waals surface area contributed by atoms with Gasteiger partial charge in [0.2, 0.25) is 10.0 Å². The number of sulfonamides is 1. The number of benzene rings is 3. The van der Waals surface area contributed by atoms with Gasteiger partial charge in [-0.25, -0.2) is 22.3 Å². The number of anilines is 3. The summed E-state index contributed by atoms with van der Waals surface area (Å²) < 4.78 is 55.8. The van der Waals surface area contributed by atoms with Crippen molar-refractivity contribution in [1.82, 2.24) is 10.2 Å². The van der Waals surface area contributed by atoms with Gasteiger partial charge >= 0.3 is 0 Å². The van der Waals surface area contributed by atoms with Crippen LogP contribution in [0.2, 0.25) is 0 Å². The molecular weight excluding hydrogens is 550 g/mol. The van der Waals surface area contributed by atoms with Gasteiger partial charge in [0, 0.05) is 32.2 Å². The smallest absolute Gasteiger partial charge is 0.257 e. The van der Waals surface area contributed by atoms with Crippen LogP contribution in [0, 0.1) is 23.0 Å². The minimum atomic E-state index is -3.95. The van der Waals surface area contributed by atoms with Crippen molar-refractivity contribution in [3.8, 4) is 6.07 Å². The number of carbonyl (C=O) groups excluding carboxylic acids is 1. The van der Waals surface area contributed by atoms with E-state index in [9.17, 15) is 18.5 Å². The van der Waals surface area contributed by atoms with Crippen LogP contribution >= 0.6 is 0 Å². The molecule has 12 heteroatoms. The Morgan fingerprint density at radius 3 is 2.32 bits per heavy atom. The van der Waals surface area contributed by atoms with E-state index in [4.69, 9.17) is 5.14 Å². The number of piperazine rings is 1. The molecule has 214 valence electrons. The lowest BCUT2D eigenvalue weighted by Crippen LogP contribution is -2.49. The third kappa shape index (κ3) is 5.74. The highest BCUT2D eigenvalue weighted by Gasteiger charge is 2.33. The zero-order chi connectivity index (χ0) is 29.1. The van der Waals surface area contributed by atoms with Crippen LogP contribution < -0.4 is 20.3 Å². The van der Waals surface area contributed by atoms with Gasteiger partial charge in [0.25, 0.3) is 5.91 Å². The van der Waals surface area contributed by atoms with Crippen molar-refractivity contribution in [3.05, 3.63) is 83.4 Å². The molecule has 3 N–H and O–H groups in total. The highest BCUT2D eigenvalue weighted by Crippen LogP contribution is 2.38. The molecule has 2 saturated heterocycles. The highest BCUT2D eigenvalue weighted by molar-refractivity contribution is 7.89. The number of amides is 1. The molecule has 2 fully saturated rings. The van der Waals surface area contributed by atoms with Gasteiger partial charge in [0.05, 0.1) is 22.5 Å². The number of rotatable bonds is 6. The number of nitrogens with one attached hydrogen (secondary N) is 1. The Kier molecular flexibility index (Phi) is 8.21. The lowest BCUT2D eigenvalue weighted by Gasteiger charge is -2.38. The minimum Gasteiger partial charge on any atom is -0.367 e. The predicted octanol–water partition coefficient (Wildman–Crippen LogP) is 3.34. The first-order valence-electron chi connectivity index (χ1n) is 13.3. The van der Waals surface area contributed by atoms with E-state index in [1.54, 1.807) is 42.5 Å². The standard InChI is InChI=1S/C29H30F2N6O3S/c30-23-10-9-22(29(38)36-17-15-35(16-18-36)25-7-3-4-8-26(25)41(33,39)40)27(31)28(23)37(21-11-13-34-14-12-21)24-6-2-1-5-20(24)19-32/h1-10,21,34H,11-18H2,(H2,33,39,40). The Labute approximate surface area is 237 Å². The Balaban J connectivity index is 1.45. The normalized spacial score (nSPS) is 16.3. The van der Waals surface area contributed by atoms with Crippen molar-refractivity contribution in [2.45, 2.75) is 23.8 Å². The largest absolute Gasteiger partial charge is 0.367 e. The molecule has 0 bridgehead atoms. The number of carbonyl (C=O) groups is 1. The van der Waals surface area contributed by atoms with Crippen LogP contribution in [0.4, 0.5) is 25.8 Å². The van der Waals surface area contributed by atoms with Gasteiger partial charge < -0.3 is 20.0 Å². The molecule has 0 radical (unpaired) electrons. The Hall–Kier alpha value is -4.05. The highest BCUT2D eigenvalue weighted by atomic mass is 32.2. The van der Waals surface area contributed by atoms with Crippen LogP contribution in [0.5, 0.6) is 0 Å². The van der Waals surface area contributed by atoms with E-state index in [1.807, 2.05) is 4.90 Å². The third-order valence-electron chi connectivity index (χ3n) is 7.58. The molecule has 2 heterocycles. The number of nitrogens with two attached hydrogens (primary N) is 1. The maximum Gasteiger partial charge on any atom is 0.257 e. The molecule has 0 aromatic heterocycles. The summed E-state index contributed by atoms with van der Waals surface area (Å²) in [4.78, 5) is 18.4. The third-order valence-corrected chi connectivity index (χ3v) is 8.53. The van der Waals surface area contributed by atoms with Gasteiger partial charge in [0.1, 0.15) is 22.5 Å². The van der Waals surface area contributed by atoms with Crippen LogP contribution in [-0.4, -0.2) is 64.5 Å². The molecule has 0 unspecified atom stereocenters. The van der Waals surface area contributed by atoms with Crippen molar-refractivity contribution in [2.24, 2.45) is 5.14 Å². The molecule has 9 nitrogen and oxygen atoms in total. The fraction of sp³-hybridized carbons (Fsp3) is 0.310. The zero-order valence-electron chi connectivity index (χ0n) is 22.3. The van der Waals surface area contributed by atoms with E-state index < -0.39 is 27.6 Å². The van der Waals surface area contributed by atoms with Crippen molar-refractivity contribution in [3.63, 3.8) is 0 Å². The number of halogens is 2. The number of para-hydroxylation sites is 2. The number of piperidine rings is 1. The van der Waals surface area contributed by atoms with E-state index in [2.05, 4.69) is 11.4 Å². The quantitative estimate of drug-likeness (QED) is 0.459. The average molecular weight is 581 g/mol. The topological polar surface area (TPSA) is 123 Å². The second kappa shape index (κ2) is 11.8. The van der Waals surface area contributed by atoms with Gasteiger partial charge in [-0.2, -0.15) is 5.26 Å². The van der Waals surface area contributed by atoms with E-state index in [-0.39, 0.29) is 40.8 Å². The maximum atomic E-state index is 16.3. The van der Waals surface area contributed by atoms with Crippen molar-refractivity contribution < 1.29 is 22.0 Å². The summed E-state index contributed by atoms with van der Waals surface area (Å²) in [6.45, 7) is 2.28. The molecule has 3 aromatic rings. The van der Waals surface area contributed by atoms with Crippen LogP contribution in [0.15, 0.2) is 65.6 Å². The first-order chi connectivity index (χ1) is 19.7.